The molecule has 1 heterocycles. The van der Waals surface area contributed by atoms with Crippen molar-refractivity contribution >= 4 is 0 Å². The van der Waals surface area contributed by atoms with Crippen LogP contribution in [-0.4, -0.2) is 21.4 Å². The van der Waals surface area contributed by atoms with E-state index in [1.165, 1.54) is 17.5 Å². The second-order valence-electron chi connectivity index (χ2n) is 6.32. The number of hydrogen-bond donors (Lipinski definition) is 1. The maximum atomic E-state index is 10.0. The first-order chi connectivity index (χ1) is 10.3. The summed E-state index contributed by atoms with van der Waals surface area (Å²) < 4.78 is 5.42. The molecule has 4 rings (SSSR count). The highest BCUT2D eigenvalue weighted by Gasteiger charge is 2.32. The van der Waals surface area contributed by atoms with Crippen LogP contribution in [0.5, 0.6) is 0 Å². The molecule has 3 unspecified atom stereocenters. The van der Waals surface area contributed by atoms with Crippen LogP contribution in [0, 0.1) is 5.92 Å². The van der Waals surface area contributed by atoms with Crippen molar-refractivity contribution in [2.45, 2.75) is 50.5 Å². The van der Waals surface area contributed by atoms with Crippen LogP contribution in [0.4, 0.5) is 0 Å². The molecule has 2 aliphatic carbocycles. The number of aliphatic hydroxyl groups is 1. The maximum absolute atomic E-state index is 10.0. The zero-order valence-corrected chi connectivity index (χ0v) is 12.0. The number of nitrogens with zero attached hydrogens (tertiary/aromatic N) is 2. The third kappa shape index (κ3) is 2.38. The summed E-state index contributed by atoms with van der Waals surface area (Å²) in [6.07, 6.45) is 5.79. The first-order valence-corrected chi connectivity index (χ1v) is 7.89. The molecule has 0 saturated heterocycles. The van der Waals surface area contributed by atoms with Gasteiger partial charge in [0.1, 0.15) is 0 Å². The van der Waals surface area contributed by atoms with E-state index in [0.717, 1.165) is 31.5 Å². The van der Waals surface area contributed by atoms with Gasteiger partial charge in [0.2, 0.25) is 5.89 Å². The van der Waals surface area contributed by atoms with Gasteiger partial charge >= 0.3 is 0 Å². The molecule has 0 radical (unpaired) electrons. The second kappa shape index (κ2) is 5.26. The molecular weight excluding hydrogens is 264 g/mol. The third-order valence-corrected chi connectivity index (χ3v) is 4.96. The topological polar surface area (TPSA) is 59.2 Å². The average molecular weight is 284 g/mol. The van der Waals surface area contributed by atoms with E-state index in [-0.39, 0.29) is 17.9 Å². The van der Waals surface area contributed by atoms with E-state index in [9.17, 15) is 5.11 Å². The summed E-state index contributed by atoms with van der Waals surface area (Å²) in [4.78, 5) is 4.57. The number of aliphatic hydroxyl groups excluding tert-OH is 1. The van der Waals surface area contributed by atoms with Gasteiger partial charge in [0.05, 0.1) is 12.0 Å². The van der Waals surface area contributed by atoms with Gasteiger partial charge < -0.3 is 9.63 Å². The van der Waals surface area contributed by atoms with Gasteiger partial charge in [-0.15, -0.1) is 0 Å². The maximum Gasteiger partial charge on any atom is 0.227 e. The Morgan fingerprint density at radius 3 is 2.90 bits per heavy atom. The van der Waals surface area contributed by atoms with Crippen LogP contribution < -0.4 is 0 Å². The highest BCUT2D eigenvalue weighted by Crippen LogP contribution is 2.38. The predicted octanol–water partition coefficient (Wildman–Crippen LogP) is 2.85. The third-order valence-electron chi connectivity index (χ3n) is 4.96. The average Bonchev–Trinajstić information content (AvgIpc) is 2.91. The van der Waals surface area contributed by atoms with Crippen molar-refractivity contribution in [3.05, 3.63) is 47.1 Å². The summed E-state index contributed by atoms with van der Waals surface area (Å²) in [5.41, 5.74) is 2.71. The summed E-state index contributed by atoms with van der Waals surface area (Å²) in [5.74, 6) is 2.05. The molecule has 1 saturated carbocycles. The smallest absolute Gasteiger partial charge is 0.227 e. The predicted molar refractivity (Wildman–Crippen MR) is 78.0 cm³/mol. The second-order valence-corrected chi connectivity index (χ2v) is 6.32. The van der Waals surface area contributed by atoms with E-state index in [4.69, 9.17) is 4.52 Å². The minimum Gasteiger partial charge on any atom is -0.393 e. The zero-order chi connectivity index (χ0) is 14.2. The van der Waals surface area contributed by atoms with Gasteiger partial charge in [-0.05, 0) is 36.3 Å². The van der Waals surface area contributed by atoms with Crippen LogP contribution in [0.3, 0.4) is 0 Å². The fourth-order valence-electron chi connectivity index (χ4n) is 3.63. The first kappa shape index (κ1) is 13.0. The monoisotopic (exact) mass is 284 g/mol. The number of hydrogen-bond acceptors (Lipinski definition) is 4. The SMILES string of the molecule is OC1CCCCC1Cc1nc(C2Cc3ccccc32)no1. The molecule has 0 bridgehead atoms. The molecule has 3 atom stereocenters. The van der Waals surface area contributed by atoms with E-state index < -0.39 is 0 Å². The van der Waals surface area contributed by atoms with E-state index in [1.54, 1.807) is 0 Å². The molecule has 1 N–H and O–H groups in total. The summed E-state index contributed by atoms with van der Waals surface area (Å²) in [6, 6.07) is 8.43. The van der Waals surface area contributed by atoms with Crippen LogP contribution >= 0.6 is 0 Å². The molecule has 0 spiro atoms. The fourth-order valence-corrected chi connectivity index (χ4v) is 3.63. The number of rotatable bonds is 3. The Balaban J connectivity index is 1.47. The lowest BCUT2D eigenvalue weighted by Crippen LogP contribution is -2.26. The van der Waals surface area contributed by atoms with Crippen LogP contribution in [0.25, 0.3) is 0 Å². The van der Waals surface area contributed by atoms with Crippen LogP contribution in [0.2, 0.25) is 0 Å². The molecule has 1 aromatic carbocycles. The van der Waals surface area contributed by atoms with E-state index >= 15 is 0 Å². The Labute approximate surface area is 124 Å². The van der Waals surface area contributed by atoms with Crippen molar-refractivity contribution in [1.82, 2.24) is 10.1 Å². The molecule has 1 fully saturated rings. The van der Waals surface area contributed by atoms with Crippen molar-refractivity contribution in [1.29, 1.82) is 0 Å². The van der Waals surface area contributed by atoms with Crippen molar-refractivity contribution in [2.75, 3.05) is 0 Å². The van der Waals surface area contributed by atoms with Crippen LogP contribution in [-0.2, 0) is 12.8 Å². The lowest BCUT2D eigenvalue weighted by atomic mass is 9.77. The molecule has 21 heavy (non-hydrogen) atoms. The molecule has 1 aromatic heterocycles. The number of aromatic nitrogens is 2. The lowest BCUT2D eigenvalue weighted by molar-refractivity contribution is 0.0657. The largest absolute Gasteiger partial charge is 0.393 e. The highest BCUT2D eigenvalue weighted by atomic mass is 16.5. The molecule has 4 heteroatoms. The van der Waals surface area contributed by atoms with Crippen molar-refractivity contribution in [3.8, 4) is 0 Å². The van der Waals surface area contributed by atoms with E-state index in [2.05, 4.69) is 34.4 Å². The molecule has 2 aromatic rings. The molecule has 0 aliphatic heterocycles. The Hall–Kier alpha value is -1.68. The highest BCUT2D eigenvalue weighted by molar-refractivity contribution is 5.43. The van der Waals surface area contributed by atoms with Gasteiger partial charge in [-0.1, -0.05) is 42.3 Å². The number of fused-ring (bicyclic) bond motifs is 1. The summed E-state index contributed by atoms with van der Waals surface area (Å²) in [6.45, 7) is 0. The van der Waals surface area contributed by atoms with Gasteiger partial charge in [-0.3, -0.25) is 0 Å². The Morgan fingerprint density at radius 1 is 1.19 bits per heavy atom. The Morgan fingerprint density at radius 2 is 2.05 bits per heavy atom. The molecule has 0 amide bonds. The normalized spacial score (nSPS) is 28.0. The summed E-state index contributed by atoms with van der Waals surface area (Å²) in [7, 11) is 0. The Bertz CT molecular complexity index is 637. The van der Waals surface area contributed by atoms with Crippen LogP contribution in [0.15, 0.2) is 28.8 Å². The first-order valence-electron chi connectivity index (χ1n) is 7.89. The van der Waals surface area contributed by atoms with Crippen molar-refractivity contribution in [2.24, 2.45) is 5.92 Å². The minimum atomic E-state index is -0.210. The lowest BCUT2D eigenvalue weighted by Gasteiger charge is -2.27. The van der Waals surface area contributed by atoms with E-state index in [1.807, 2.05) is 0 Å². The Kier molecular flexibility index (Phi) is 3.26. The zero-order valence-electron chi connectivity index (χ0n) is 12.0. The summed E-state index contributed by atoms with van der Waals surface area (Å²) >= 11 is 0. The molecule has 2 aliphatic rings. The molecular formula is C17H20N2O2. The van der Waals surface area contributed by atoms with Gasteiger partial charge in [0, 0.05) is 6.42 Å². The molecule has 4 nitrogen and oxygen atoms in total. The summed E-state index contributed by atoms with van der Waals surface area (Å²) in [5, 5.41) is 14.2. The van der Waals surface area contributed by atoms with Crippen LogP contribution in [0.1, 0.15) is 54.4 Å². The van der Waals surface area contributed by atoms with Gasteiger partial charge in [0.15, 0.2) is 5.82 Å². The molecule has 110 valence electrons. The van der Waals surface area contributed by atoms with Gasteiger partial charge in [-0.2, -0.15) is 4.98 Å². The van der Waals surface area contributed by atoms with Crippen molar-refractivity contribution in [3.63, 3.8) is 0 Å². The number of benzene rings is 1. The van der Waals surface area contributed by atoms with E-state index in [0.29, 0.717) is 12.3 Å². The van der Waals surface area contributed by atoms with Crippen molar-refractivity contribution < 1.29 is 9.63 Å². The standard InChI is InChI=1S/C17H20N2O2/c20-15-8-4-2-6-12(15)10-16-18-17(19-21-16)14-9-11-5-1-3-7-13(11)14/h1,3,5,7,12,14-15,20H,2,4,6,8-10H2. The minimum absolute atomic E-state index is 0.210. The van der Waals surface area contributed by atoms with Gasteiger partial charge in [0.25, 0.3) is 0 Å². The fraction of sp³-hybridized carbons (Fsp3) is 0.529. The quantitative estimate of drug-likeness (QED) is 0.941. The van der Waals surface area contributed by atoms with Gasteiger partial charge in [-0.25, -0.2) is 0 Å².